The van der Waals surface area contributed by atoms with Crippen molar-refractivity contribution in [2.45, 2.75) is 45.6 Å². The van der Waals surface area contributed by atoms with E-state index in [-0.39, 0.29) is 11.4 Å². The van der Waals surface area contributed by atoms with Crippen LogP contribution in [0.1, 0.15) is 49.0 Å². The van der Waals surface area contributed by atoms with Crippen LogP contribution in [0.3, 0.4) is 0 Å². The van der Waals surface area contributed by atoms with Gasteiger partial charge in [-0.05, 0) is 56.9 Å². The maximum Gasteiger partial charge on any atom is 0.251 e. The third-order valence-corrected chi connectivity index (χ3v) is 3.47. The lowest BCUT2D eigenvalue weighted by Gasteiger charge is -2.13. The third-order valence-electron chi connectivity index (χ3n) is 3.47. The first-order valence-electron chi connectivity index (χ1n) is 6.71. The summed E-state index contributed by atoms with van der Waals surface area (Å²) in [5.74, 6) is 0.0418. The highest BCUT2D eigenvalue weighted by Gasteiger charge is 2.38. The van der Waals surface area contributed by atoms with Gasteiger partial charge in [0.05, 0.1) is 0 Å². The number of benzene rings is 1. The van der Waals surface area contributed by atoms with E-state index in [2.05, 4.69) is 24.5 Å². The van der Waals surface area contributed by atoms with Gasteiger partial charge in [0.1, 0.15) is 0 Å². The Balaban J connectivity index is 2.05. The summed E-state index contributed by atoms with van der Waals surface area (Å²) in [6, 6.07) is 5.85. The molecule has 1 aromatic carbocycles. The van der Waals surface area contributed by atoms with Crippen LogP contribution < -0.4 is 10.6 Å². The summed E-state index contributed by atoms with van der Waals surface area (Å²) < 4.78 is 0. The molecule has 0 radical (unpaired) electrons. The monoisotopic (exact) mass is 246 g/mol. The zero-order valence-corrected chi connectivity index (χ0v) is 11.5. The fraction of sp³-hybridized carbons (Fsp3) is 0.533. The number of hydrogen-bond donors (Lipinski definition) is 2. The molecular weight excluding hydrogens is 224 g/mol. The molecule has 1 aliphatic carbocycles. The zero-order chi connectivity index (χ0) is 13.2. The molecule has 0 bridgehead atoms. The quantitative estimate of drug-likeness (QED) is 0.838. The van der Waals surface area contributed by atoms with Gasteiger partial charge in [-0.3, -0.25) is 4.79 Å². The Hall–Kier alpha value is -1.51. The maximum atomic E-state index is 12.0. The van der Waals surface area contributed by atoms with Crippen molar-refractivity contribution in [1.29, 1.82) is 0 Å². The van der Waals surface area contributed by atoms with Crippen LogP contribution in [0.25, 0.3) is 0 Å². The van der Waals surface area contributed by atoms with E-state index in [0.717, 1.165) is 42.6 Å². The van der Waals surface area contributed by atoms with Crippen LogP contribution in [-0.2, 0) is 0 Å². The first-order valence-corrected chi connectivity index (χ1v) is 6.71. The van der Waals surface area contributed by atoms with Crippen LogP contribution in [-0.4, -0.2) is 18.0 Å². The van der Waals surface area contributed by atoms with Crippen molar-refractivity contribution in [1.82, 2.24) is 5.32 Å². The van der Waals surface area contributed by atoms with Gasteiger partial charge in [0, 0.05) is 23.3 Å². The number of rotatable bonds is 5. The Morgan fingerprint density at radius 1 is 1.39 bits per heavy atom. The topological polar surface area (TPSA) is 41.1 Å². The summed E-state index contributed by atoms with van der Waals surface area (Å²) in [5, 5.41) is 6.43. The van der Waals surface area contributed by atoms with Gasteiger partial charge >= 0.3 is 0 Å². The Bertz CT molecular complexity index is 450. The van der Waals surface area contributed by atoms with Crippen LogP contribution >= 0.6 is 0 Å². The van der Waals surface area contributed by atoms with E-state index in [0.29, 0.717) is 0 Å². The van der Waals surface area contributed by atoms with Gasteiger partial charge in [0.2, 0.25) is 0 Å². The summed E-state index contributed by atoms with van der Waals surface area (Å²) >= 11 is 0. The number of hydrogen-bond acceptors (Lipinski definition) is 2. The number of carbonyl (C=O) groups is 1. The van der Waals surface area contributed by atoms with E-state index in [1.165, 1.54) is 0 Å². The van der Waals surface area contributed by atoms with Crippen molar-refractivity contribution < 1.29 is 4.79 Å². The lowest BCUT2D eigenvalue weighted by Crippen LogP contribution is -2.34. The van der Waals surface area contributed by atoms with Crippen LogP contribution in [0.2, 0.25) is 0 Å². The summed E-state index contributed by atoms with van der Waals surface area (Å²) in [5.41, 5.74) is 3.04. The molecule has 18 heavy (non-hydrogen) atoms. The van der Waals surface area contributed by atoms with Crippen LogP contribution in [0, 0.1) is 6.92 Å². The Morgan fingerprint density at radius 3 is 2.67 bits per heavy atom. The molecule has 1 fully saturated rings. The molecule has 2 rings (SSSR count). The molecule has 1 aromatic rings. The van der Waals surface area contributed by atoms with E-state index in [9.17, 15) is 4.79 Å². The van der Waals surface area contributed by atoms with Crippen molar-refractivity contribution in [2.75, 3.05) is 11.9 Å². The second-order valence-electron chi connectivity index (χ2n) is 5.47. The fourth-order valence-corrected chi connectivity index (χ4v) is 1.92. The number of amides is 1. The molecule has 0 saturated heterocycles. The van der Waals surface area contributed by atoms with Crippen LogP contribution in [0.4, 0.5) is 5.69 Å². The highest BCUT2D eigenvalue weighted by Crippen LogP contribution is 2.34. The molecule has 98 valence electrons. The van der Waals surface area contributed by atoms with Gasteiger partial charge in [-0.1, -0.05) is 6.92 Å². The lowest BCUT2D eigenvalue weighted by molar-refractivity contribution is 0.0935. The zero-order valence-electron chi connectivity index (χ0n) is 11.5. The van der Waals surface area contributed by atoms with Crippen molar-refractivity contribution in [3.05, 3.63) is 29.3 Å². The molecule has 0 atom stereocenters. The molecule has 0 aromatic heterocycles. The number of nitrogens with one attached hydrogen (secondary N) is 2. The third kappa shape index (κ3) is 3.03. The van der Waals surface area contributed by atoms with E-state index < -0.39 is 0 Å². The van der Waals surface area contributed by atoms with E-state index in [1.54, 1.807) is 0 Å². The van der Waals surface area contributed by atoms with Crippen LogP contribution in [0.15, 0.2) is 18.2 Å². The minimum absolute atomic E-state index is 0.0418. The van der Waals surface area contributed by atoms with Gasteiger partial charge < -0.3 is 10.6 Å². The van der Waals surface area contributed by atoms with E-state index in [1.807, 2.05) is 25.1 Å². The van der Waals surface area contributed by atoms with Gasteiger partial charge in [-0.2, -0.15) is 0 Å². The summed E-state index contributed by atoms with van der Waals surface area (Å²) in [7, 11) is 0. The summed E-state index contributed by atoms with van der Waals surface area (Å²) in [6.45, 7) is 7.23. The normalized spacial score (nSPS) is 16.2. The Labute approximate surface area is 109 Å². The Kier molecular flexibility index (Phi) is 3.60. The molecular formula is C15H22N2O. The standard InChI is InChI=1S/C15H22N2O/c1-4-9-16-13-6-5-12(10-11(13)2)14(18)17-15(3)7-8-15/h5-6,10,16H,4,7-9H2,1-3H3,(H,17,18). The predicted molar refractivity (Wildman–Crippen MR) is 75.1 cm³/mol. The maximum absolute atomic E-state index is 12.0. The predicted octanol–water partition coefficient (Wildman–Crippen LogP) is 3.10. The van der Waals surface area contributed by atoms with E-state index >= 15 is 0 Å². The molecule has 0 spiro atoms. The molecule has 3 nitrogen and oxygen atoms in total. The van der Waals surface area contributed by atoms with Crippen molar-refractivity contribution >= 4 is 11.6 Å². The second kappa shape index (κ2) is 5.01. The smallest absolute Gasteiger partial charge is 0.251 e. The molecule has 0 heterocycles. The molecule has 2 N–H and O–H groups in total. The first kappa shape index (κ1) is 12.9. The number of anilines is 1. The summed E-state index contributed by atoms with van der Waals surface area (Å²) in [4.78, 5) is 12.0. The van der Waals surface area contributed by atoms with Crippen molar-refractivity contribution in [3.63, 3.8) is 0 Å². The summed E-state index contributed by atoms with van der Waals surface area (Å²) in [6.07, 6.45) is 3.28. The number of aryl methyl sites for hydroxylation is 1. The van der Waals surface area contributed by atoms with Gasteiger partial charge in [0.15, 0.2) is 0 Å². The van der Waals surface area contributed by atoms with Gasteiger partial charge in [-0.25, -0.2) is 0 Å². The minimum atomic E-state index is 0.0418. The molecule has 1 amide bonds. The molecule has 1 saturated carbocycles. The minimum Gasteiger partial charge on any atom is -0.385 e. The largest absolute Gasteiger partial charge is 0.385 e. The number of carbonyl (C=O) groups excluding carboxylic acids is 1. The SMILES string of the molecule is CCCNc1ccc(C(=O)NC2(C)CC2)cc1C. The fourth-order valence-electron chi connectivity index (χ4n) is 1.92. The highest BCUT2D eigenvalue weighted by atomic mass is 16.1. The lowest BCUT2D eigenvalue weighted by atomic mass is 10.1. The Morgan fingerprint density at radius 2 is 2.11 bits per heavy atom. The van der Waals surface area contributed by atoms with Gasteiger partial charge in [0.25, 0.3) is 5.91 Å². The van der Waals surface area contributed by atoms with Crippen molar-refractivity contribution in [2.24, 2.45) is 0 Å². The van der Waals surface area contributed by atoms with Crippen LogP contribution in [0.5, 0.6) is 0 Å². The second-order valence-corrected chi connectivity index (χ2v) is 5.47. The first-order chi connectivity index (χ1) is 8.54. The van der Waals surface area contributed by atoms with E-state index in [4.69, 9.17) is 0 Å². The highest BCUT2D eigenvalue weighted by molar-refractivity contribution is 5.95. The molecule has 1 aliphatic rings. The van der Waals surface area contributed by atoms with Crippen molar-refractivity contribution in [3.8, 4) is 0 Å². The average Bonchev–Trinajstić information content (AvgIpc) is 3.05. The molecule has 0 unspecified atom stereocenters. The van der Waals surface area contributed by atoms with Gasteiger partial charge in [-0.15, -0.1) is 0 Å². The molecule has 0 aliphatic heterocycles. The average molecular weight is 246 g/mol. The molecule has 3 heteroatoms.